The van der Waals surface area contributed by atoms with Crippen molar-refractivity contribution in [2.75, 3.05) is 5.75 Å². The van der Waals surface area contributed by atoms with E-state index < -0.39 is 17.2 Å². The van der Waals surface area contributed by atoms with Crippen LogP contribution < -0.4 is 11.1 Å². The maximum absolute atomic E-state index is 11.5. The van der Waals surface area contributed by atoms with E-state index in [1.54, 1.807) is 18.7 Å². The molecule has 0 aliphatic rings. The number of hydrogen-bond donors (Lipinski definition) is 2. The summed E-state index contributed by atoms with van der Waals surface area (Å²) < 4.78 is 1.62. The van der Waals surface area contributed by atoms with Gasteiger partial charge in [0.1, 0.15) is 0 Å². The van der Waals surface area contributed by atoms with Crippen molar-refractivity contribution < 1.29 is 9.59 Å². The summed E-state index contributed by atoms with van der Waals surface area (Å²) >= 11 is 4.39. The van der Waals surface area contributed by atoms with Crippen molar-refractivity contribution >= 4 is 46.8 Å². The molecule has 1 unspecified atom stereocenters. The van der Waals surface area contributed by atoms with Crippen molar-refractivity contribution in [3.8, 4) is 0 Å². The Morgan fingerprint density at radius 1 is 1.42 bits per heavy atom. The van der Waals surface area contributed by atoms with Crippen molar-refractivity contribution in [1.29, 1.82) is 0 Å². The van der Waals surface area contributed by atoms with E-state index in [-0.39, 0.29) is 0 Å². The molecule has 0 radical (unpaired) electrons. The number of thioether (sulfide) groups is 2. The van der Waals surface area contributed by atoms with Gasteiger partial charge in [-0.25, -0.2) is 4.79 Å². The normalized spacial score (nSPS) is 12.1. The van der Waals surface area contributed by atoms with Gasteiger partial charge in [0.15, 0.2) is 8.68 Å². The Bertz CT molecular complexity index is 438. The van der Waals surface area contributed by atoms with Gasteiger partial charge in [0.25, 0.3) is 0 Å². The molecule has 0 spiro atoms. The summed E-state index contributed by atoms with van der Waals surface area (Å²) in [5, 5.41) is 9.67. The molecule has 0 fully saturated rings. The van der Waals surface area contributed by atoms with Gasteiger partial charge in [-0.05, 0) is 13.3 Å². The number of rotatable bonds is 7. The molecule has 9 heteroatoms. The molecular weight excluding hydrogens is 304 g/mol. The summed E-state index contributed by atoms with van der Waals surface area (Å²) in [6.07, 6.45) is 2.29. The lowest BCUT2D eigenvalue weighted by atomic mass is 10.4. The van der Waals surface area contributed by atoms with Crippen molar-refractivity contribution in [3.05, 3.63) is 0 Å². The molecule has 1 aromatic heterocycles. The van der Waals surface area contributed by atoms with Crippen LogP contribution in [0, 0.1) is 0 Å². The second kappa shape index (κ2) is 8.39. The first-order chi connectivity index (χ1) is 9.02. The molecule has 106 valence electrons. The summed E-state index contributed by atoms with van der Waals surface area (Å²) in [5.41, 5.74) is 4.89. The molecule has 0 saturated heterocycles. The molecule has 3 amide bonds. The molecule has 0 aliphatic heterocycles. The first-order valence-electron chi connectivity index (χ1n) is 5.76. The Balaban J connectivity index is 2.44. The smallest absolute Gasteiger partial charge is 0.318 e. The standard InChI is InChI=1S/C10H16N4O2S3/c1-3-4-5-17-9-13-14-10(19-9)18-6(2)7(15)12-8(11)16/h6H,3-5H2,1-2H3,(H3,11,12,15,16). The molecule has 1 atom stereocenters. The Morgan fingerprint density at radius 2 is 2.11 bits per heavy atom. The third kappa shape index (κ3) is 6.26. The van der Waals surface area contributed by atoms with Gasteiger partial charge >= 0.3 is 6.03 Å². The molecule has 1 rings (SSSR count). The van der Waals surface area contributed by atoms with Crippen LogP contribution in [0.2, 0.25) is 0 Å². The fourth-order valence-corrected chi connectivity index (χ4v) is 4.35. The number of hydrogen-bond acceptors (Lipinski definition) is 7. The van der Waals surface area contributed by atoms with Gasteiger partial charge < -0.3 is 5.73 Å². The van der Waals surface area contributed by atoms with Crippen LogP contribution >= 0.6 is 34.9 Å². The van der Waals surface area contributed by atoms with Gasteiger partial charge in [-0.1, -0.05) is 48.2 Å². The Kier molecular flexibility index (Phi) is 7.17. The molecule has 0 aromatic carbocycles. The minimum atomic E-state index is -0.842. The van der Waals surface area contributed by atoms with E-state index in [1.807, 2.05) is 5.32 Å². The quantitative estimate of drug-likeness (QED) is 0.590. The Labute approximate surface area is 124 Å². The second-order valence-electron chi connectivity index (χ2n) is 3.65. The van der Waals surface area contributed by atoms with Crippen LogP contribution in [-0.4, -0.2) is 33.1 Å². The number of aromatic nitrogens is 2. The molecule has 0 saturated carbocycles. The number of carbonyl (C=O) groups is 2. The largest absolute Gasteiger partial charge is 0.351 e. The summed E-state index contributed by atoms with van der Waals surface area (Å²) in [4.78, 5) is 22.1. The number of amides is 3. The van der Waals surface area contributed by atoms with Gasteiger partial charge in [-0.3, -0.25) is 10.1 Å². The zero-order valence-corrected chi connectivity index (χ0v) is 13.2. The minimum Gasteiger partial charge on any atom is -0.351 e. The molecular formula is C10H16N4O2S3. The topological polar surface area (TPSA) is 98.0 Å². The fourth-order valence-electron chi connectivity index (χ4n) is 1.03. The molecule has 0 aliphatic carbocycles. The van der Waals surface area contributed by atoms with E-state index in [0.29, 0.717) is 4.34 Å². The maximum atomic E-state index is 11.5. The second-order valence-corrected chi connectivity index (χ2v) is 7.56. The molecule has 1 aromatic rings. The first-order valence-corrected chi connectivity index (χ1v) is 8.44. The number of unbranched alkanes of at least 4 members (excludes halogenated alkanes) is 1. The van der Waals surface area contributed by atoms with E-state index in [0.717, 1.165) is 22.9 Å². The lowest BCUT2D eigenvalue weighted by molar-refractivity contribution is -0.119. The zero-order chi connectivity index (χ0) is 14.3. The third-order valence-electron chi connectivity index (χ3n) is 2.00. The fraction of sp³-hybridized carbons (Fsp3) is 0.600. The van der Waals surface area contributed by atoms with Crippen LogP contribution in [0.3, 0.4) is 0 Å². The van der Waals surface area contributed by atoms with Gasteiger partial charge in [-0.2, -0.15) is 0 Å². The number of carbonyl (C=O) groups excluding carboxylic acids is 2. The number of nitrogens with two attached hydrogens (primary N) is 1. The SMILES string of the molecule is CCCCSc1nnc(SC(C)C(=O)NC(N)=O)s1. The number of nitrogens with one attached hydrogen (secondary N) is 1. The highest BCUT2D eigenvalue weighted by atomic mass is 32.2. The van der Waals surface area contributed by atoms with Crippen molar-refractivity contribution in [2.45, 2.75) is 40.6 Å². The van der Waals surface area contributed by atoms with Crippen molar-refractivity contribution in [3.63, 3.8) is 0 Å². The van der Waals surface area contributed by atoms with Crippen LogP contribution in [0.4, 0.5) is 4.79 Å². The third-order valence-corrected chi connectivity index (χ3v) is 5.33. The van der Waals surface area contributed by atoms with E-state index in [9.17, 15) is 9.59 Å². The summed E-state index contributed by atoms with van der Waals surface area (Å²) in [6.45, 7) is 3.83. The van der Waals surface area contributed by atoms with Crippen LogP contribution in [0.1, 0.15) is 26.7 Å². The lowest BCUT2D eigenvalue weighted by Gasteiger charge is -2.06. The van der Waals surface area contributed by atoms with Crippen molar-refractivity contribution in [1.82, 2.24) is 15.5 Å². The maximum Gasteiger partial charge on any atom is 0.318 e. The Morgan fingerprint density at radius 3 is 2.74 bits per heavy atom. The van der Waals surface area contributed by atoms with Gasteiger partial charge in [-0.15, -0.1) is 10.2 Å². The predicted octanol–water partition coefficient (Wildman–Crippen LogP) is 2.11. The molecule has 19 heavy (non-hydrogen) atoms. The lowest BCUT2D eigenvalue weighted by Crippen LogP contribution is -2.39. The summed E-state index contributed by atoms with van der Waals surface area (Å²) in [6, 6.07) is -0.842. The van der Waals surface area contributed by atoms with Crippen molar-refractivity contribution in [2.24, 2.45) is 5.73 Å². The molecule has 6 nitrogen and oxygen atoms in total. The molecule has 3 N–H and O–H groups in total. The number of urea groups is 1. The monoisotopic (exact) mass is 320 g/mol. The Hall–Kier alpha value is -0.800. The van der Waals surface area contributed by atoms with Crippen LogP contribution in [-0.2, 0) is 4.79 Å². The van der Waals surface area contributed by atoms with Gasteiger partial charge in [0, 0.05) is 5.75 Å². The average Bonchev–Trinajstić information content (AvgIpc) is 2.76. The number of primary amides is 1. The van der Waals surface area contributed by atoms with Crippen LogP contribution in [0.25, 0.3) is 0 Å². The highest BCUT2D eigenvalue weighted by Crippen LogP contribution is 2.31. The van der Waals surface area contributed by atoms with Gasteiger partial charge in [0.05, 0.1) is 5.25 Å². The van der Waals surface area contributed by atoms with E-state index in [4.69, 9.17) is 5.73 Å². The number of imide groups is 1. The number of nitrogens with zero attached hydrogens (tertiary/aromatic N) is 2. The van der Waals surface area contributed by atoms with E-state index in [1.165, 1.54) is 23.1 Å². The minimum absolute atomic E-state index is 0.423. The predicted molar refractivity (Wildman–Crippen MR) is 78.6 cm³/mol. The van der Waals surface area contributed by atoms with Gasteiger partial charge in [0.2, 0.25) is 5.91 Å². The van der Waals surface area contributed by atoms with E-state index >= 15 is 0 Å². The zero-order valence-electron chi connectivity index (χ0n) is 10.7. The molecule has 1 heterocycles. The van der Waals surface area contributed by atoms with E-state index in [2.05, 4.69) is 17.1 Å². The van der Waals surface area contributed by atoms with Crippen LogP contribution in [0.15, 0.2) is 8.68 Å². The highest BCUT2D eigenvalue weighted by Gasteiger charge is 2.18. The summed E-state index contributed by atoms with van der Waals surface area (Å²) in [7, 11) is 0. The summed E-state index contributed by atoms with van der Waals surface area (Å²) in [5.74, 6) is 0.598. The highest BCUT2D eigenvalue weighted by molar-refractivity contribution is 8.03. The van der Waals surface area contributed by atoms with Crippen LogP contribution in [0.5, 0.6) is 0 Å². The molecule has 0 bridgehead atoms. The first kappa shape index (κ1) is 16.3. The average molecular weight is 320 g/mol.